The molecule has 0 aliphatic heterocycles. The van der Waals surface area contributed by atoms with E-state index in [4.69, 9.17) is 8.83 Å². The molecule has 0 heterocycles. The van der Waals surface area contributed by atoms with Crippen molar-refractivity contribution in [3.8, 4) is 0 Å². The standard InChI is InChI=1S/C9H17AsO4/c1-2-3-4-5-6-9(13)14-10-8(12)7-11/h10-11H,2-7H2,1H3. The van der Waals surface area contributed by atoms with E-state index in [9.17, 15) is 9.59 Å². The Kier molecular flexibility index (Phi) is 9.00. The molecule has 5 heteroatoms. The number of carbonyl (C=O) groups excluding carboxylic acids is 2. The van der Waals surface area contributed by atoms with Crippen molar-refractivity contribution < 1.29 is 18.4 Å². The summed E-state index contributed by atoms with van der Waals surface area (Å²) >= 11 is -1.37. The third-order valence-corrected chi connectivity index (χ3v) is 3.16. The Labute approximate surface area is 91.1 Å². The molecule has 0 bridgehead atoms. The molecular formula is C9H17AsO4. The summed E-state index contributed by atoms with van der Waals surface area (Å²) in [5, 5.41) is 8.38. The summed E-state index contributed by atoms with van der Waals surface area (Å²) < 4.78 is 4.41. The molecule has 0 rings (SSSR count). The Morgan fingerprint density at radius 1 is 1.29 bits per heavy atom. The minimum absolute atomic E-state index is 0.303. The average molecular weight is 264 g/mol. The van der Waals surface area contributed by atoms with Gasteiger partial charge in [-0.15, -0.1) is 0 Å². The number of aliphatic hydroxyl groups is 1. The van der Waals surface area contributed by atoms with Crippen molar-refractivity contribution in [1.29, 1.82) is 0 Å². The van der Waals surface area contributed by atoms with Gasteiger partial charge in [0.2, 0.25) is 0 Å². The van der Waals surface area contributed by atoms with Crippen molar-refractivity contribution in [3.05, 3.63) is 0 Å². The third kappa shape index (κ3) is 8.27. The van der Waals surface area contributed by atoms with Gasteiger partial charge in [-0.1, -0.05) is 0 Å². The molecule has 4 nitrogen and oxygen atoms in total. The van der Waals surface area contributed by atoms with E-state index in [0.717, 1.165) is 25.7 Å². The molecule has 0 saturated heterocycles. The Balaban J connectivity index is 3.32. The van der Waals surface area contributed by atoms with Crippen molar-refractivity contribution in [3.63, 3.8) is 0 Å². The Morgan fingerprint density at radius 2 is 2.00 bits per heavy atom. The summed E-state index contributed by atoms with van der Waals surface area (Å²) in [6.07, 6.45) is 4.50. The van der Waals surface area contributed by atoms with Crippen LogP contribution in [0.2, 0.25) is 0 Å². The first-order valence-electron chi connectivity index (χ1n) is 4.80. The molecule has 82 valence electrons. The molecule has 1 atom stereocenters. The molecule has 0 radical (unpaired) electrons. The molecule has 1 unspecified atom stereocenters. The van der Waals surface area contributed by atoms with Gasteiger partial charge in [0.1, 0.15) is 0 Å². The summed E-state index contributed by atoms with van der Waals surface area (Å²) in [7, 11) is 0. The fourth-order valence-electron chi connectivity index (χ4n) is 0.893. The second-order valence-electron chi connectivity index (χ2n) is 2.97. The van der Waals surface area contributed by atoms with E-state index < -0.39 is 22.7 Å². The van der Waals surface area contributed by atoms with Crippen molar-refractivity contribution in [2.24, 2.45) is 0 Å². The monoisotopic (exact) mass is 264 g/mol. The van der Waals surface area contributed by atoms with Crippen LogP contribution in [-0.4, -0.2) is 38.3 Å². The molecule has 0 aromatic carbocycles. The first-order chi connectivity index (χ1) is 6.70. The van der Waals surface area contributed by atoms with E-state index in [2.05, 4.69) is 6.92 Å². The van der Waals surface area contributed by atoms with Crippen LogP contribution in [0.15, 0.2) is 0 Å². The van der Waals surface area contributed by atoms with Gasteiger partial charge in [0.25, 0.3) is 0 Å². The molecule has 0 amide bonds. The zero-order valence-corrected chi connectivity index (χ0v) is 10.5. The van der Waals surface area contributed by atoms with Crippen LogP contribution >= 0.6 is 0 Å². The Bertz CT molecular complexity index is 182. The van der Waals surface area contributed by atoms with E-state index in [1.807, 2.05) is 0 Å². The molecular weight excluding hydrogens is 247 g/mol. The molecule has 0 aliphatic rings. The molecule has 0 aliphatic carbocycles. The van der Waals surface area contributed by atoms with Gasteiger partial charge in [-0.05, 0) is 0 Å². The molecule has 14 heavy (non-hydrogen) atoms. The molecule has 0 aromatic rings. The topological polar surface area (TPSA) is 63.6 Å². The first-order valence-corrected chi connectivity index (χ1v) is 6.70. The van der Waals surface area contributed by atoms with Crippen LogP contribution in [0.3, 0.4) is 0 Å². The quantitative estimate of drug-likeness (QED) is 0.508. The van der Waals surface area contributed by atoms with Crippen LogP contribution in [0.5, 0.6) is 0 Å². The molecule has 1 N–H and O–H groups in total. The summed E-state index contributed by atoms with van der Waals surface area (Å²) in [5.74, 6) is -0.303. The van der Waals surface area contributed by atoms with E-state index >= 15 is 0 Å². The predicted octanol–water partition coefficient (Wildman–Crippen LogP) is 0.370. The van der Waals surface area contributed by atoms with Crippen LogP contribution in [0, 0.1) is 0 Å². The van der Waals surface area contributed by atoms with Gasteiger partial charge < -0.3 is 0 Å². The van der Waals surface area contributed by atoms with Crippen molar-refractivity contribution >= 4 is 26.6 Å². The maximum atomic E-state index is 11.0. The van der Waals surface area contributed by atoms with Crippen LogP contribution in [-0.2, 0) is 13.3 Å². The zero-order valence-electron chi connectivity index (χ0n) is 8.41. The van der Waals surface area contributed by atoms with Gasteiger partial charge in [-0.3, -0.25) is 0 Å². The number of rotatable bonds is 8. The Hall–Kier alpha value is -0.342. The van der Waals surface area contributed by atoms with Gasteiger partial charge in [-0.2, -0.15) is 0 Å². The van der Waals surface area contributed by atoms with Crippen LogP contribution in [0.1, 0.15) is 39.0 Å². The molecule has 0 spiro atoms. The first kappa shape index (κ1) is 13.7. The van der Waals surface area contributed by atoms with Gasteiger partial charge >= 0.3 is 90.7 Å². The van der Waals surface area contributed by atoms with E-state index in [0.29, 0.717) is 6.42 Å². The predicted molar refractivity (Wildman–Crippen MR) is 54.1 cm³/mol. The van der Waals surface area contributed by atoms with Crippen molar-refractivity contribution in [2.45, 2.75) is 39.0 Å². The van der Waals surface area contributed by atoms with Crippen molar-refractivity contribution in [2.75, 3.05) is 6.61 Å². The molecule has 0 fully saturated rings. The molecule has 0 aromatic heterocycles. The van der Waals surface area contributed by atoms with Gasteiger partial charge in [-0.25, -0.2) is 0 Å². The van der Waals surface area contributed by atoms with E-state index in [1.54, 1.807) is 0 Å². The number of aliphatic hydroxyl groups excluding tert-OH is 1. The van der Waals surface area contributed by atoms with Crippen LogP contribution in [0.25, 0.3) is 0 Å². The second-order valence-corrected chi connectivity index (χ2v) is 4.99. The second kappa shape index (κ2) is 9.22. The summed E-state index contributed by atoms with van der Waals surface area (Å²) in [6, 6.07) is 0. The molecule has 0 saturated carbocycles. The summed E-state index contributed by atoms with van der Waals surface area (Å²) in [6.45, 7) is 1.59. The third-order valence-electron chi connectivity index (χ3n) is 1.66. The fraction of sp³-hybridized carbons (Fsp3) is 0.778. The average Bonchev–Trinajstić information content (AvgIpc) is 2.21. The number of hydrogen-bond donors (Lipinski definition) is 1. The number of unbranched alkanes of at least 4 members (excludes halogenated alkanes) is 3. The van der Waals surface area contributed by atoms with Crippen molar-refractivity contribution in [1.82, 2.24) is 0 Å². The zero-order chi connectivity index (χ0) is 10.8. The Morgan fingerprint density at radius 3 is 2.57 bits per heavy atom. The normalized spacial score (nSPS) is 10.7. The number of carbonyl (C=O) groups is 2. The summed E-state index contributed by atoms with van der Waals surface area (Å²) in [5.41, 5.74) is 0. The van der Waals surface area contributed by atoms with E-state index in [1.165, 1.54) is 0 Å². The van der Waals surface area contributed by atoms with Gasteiger partial charge in [0, 0.05) is 0 Å². The maximum absolute atomic E-state index is 11.0. The fourth-order valence-corrected chi connectivity index (χ4v) is 1.72. The van der Waals surface area contributed by atoms with Crippen LogP contribution < -0.4 is 0 Å². The number of hydrogen-bond acceptors (Lipinski definition) is 4. The van der Waals surface area contributed by atoms with Gasteiger partial charge in [0.15, 0.2) is 0 Å². The van der Waals surface area contributed by atoms with Crippen LogP contribution in [0.4, 0.5) is 0 Å². The van der Waals surface area contributed by atoms with E-state index in [-0.39, 0.29) is 10.5 Å². The minimum atomic E-state index is -1.37. The SMILES string of the molecule is CCCCCCC(=O)O[AsH]C(=O)CO. The van der Waals surface area contributed by atoms with Gasteiger partial charge in [0.05, 0.1) is 0 Å². The summed E-state index contributed by atoms with van der Waals surface area (Å²) in [4.78, 5) is 21.6.